The van der Waals surface area contributed by atoms with Crippen LogP contribution in [0.1, 0.15) is 21.6 Å². The van der Waals surface area contributed by atoms with Gasteiger partial charge in [-0.3, -0.25) is 15.5 Å². The van der Waals surface area contributed by atoms with Crippen LogP contribution in [0.4, 0.5) is 0 Å². The van der Waals surface area contributed by atoms with Crippen LogP contribution in [0.15, 0.2) is 72.8 Å². The molecule has 30 heavy (non-hydrogen) atoms. The molecule has 0 unspecified atom stereocenters. The molecule has 8 heteroatoms. The molecule has 0 aliphatic carbocycles. The molecular formula is C22H21N3O4S. The fourth-order valence-corrected chi connectivity index (χ4v) is 2.68. The number of nitrogens with zero attached hydrogens (tertiary/aromatic N) is 1. The second kappa shape index (κ2) is 10.9. The summed E-state index contributed by atoms with van der Waals surface area (Å²) in [5, 5.41) is 11.6. The predicted octanol–water partition coefficient (Wildman–Crippen LogP) is 3.12. The molecular weight excluding hydrogens is 402 g/mol. The number of hydrogen-bond donors (Lipinski definition) is 3. The highest BCUT2D eigenvalue weighted by molar-refractivity contribution is 7.80. The zero-order valence-electron chi connectivity index (χ0n) is 16.1. The minimum absolute atomic E-state index is 0.233. The Hall–Kier alpha value is -3.49. The third-order valence-corrected chi connectivity index (χ3v) is 4.39. The maximum absolute atomic E-state index is 12.3. The molecule has 3 rings (SSSR count). The van der Waals surface area contributed by atoms with E-state index in [1.54, 1.807) is 42.5 Å². The molecule has 7 nitrogen and oxygen atoms in total. The molecule has 154 valence electrons. The van der Waals surface area contributed by atoms with E-state index in [0.717, 1.165) is 5.56 Å². The van der Waals surface area contributed by atoms with E-state index >= 15 is 0 Å². The van der Waals surface area contributed by atoms with Crippen molar-refractivity contribution in [2.45, 2.75) is 6.61 Å². The molecule has 0 aliphatic heterocycles. The largest absolute Gasteiger partial charge is 0.492 e. The van der Waals surface area contributed by atoms with Crippen molar-refractivity contribution in [3.8, 4) is 11.6 Å². The van der Waals surface area contributed by atoms with Crippen molar-refractivity contribution in [2.24, 2.45) is 0 Å². The summed E-state index contributed by atoms with van der Waals surface area (Å²) in [7, 11) is 0. The zero-order valence-corrected chi connectivity index (χ0v) is 16.9. The number of carbonyl (C=O) groups excluding carboxylic acids is 1. The first-order valence-corrected chi connectivity index (χ1v) is 9.66. The number of thiocarbonyl (C=S) groups is 1. The van der Waals surface area contributed by atoms with Crippen LogP contribution in [0.5, 0.6) is 11.6 Å². The van der Waals surface area contributed by atoms with Crippen molar-refractivity contribution < 1.29 is 19.5 Å². The number of benzene rings is 2. The van der Waals surface area contributed by atoms with Gasteiger partial charge in [-0.1, -0.05) is 48.6 Å². The summed E-state index contributed by atoms with van der Waals surface area (Å²) >= 11 is 4.93. The highest BCUT2D eigenvalue weighted by Gasteiger charge is 2.08. The molecule has 1 heterocycles. The van der Waals surface area contributed by atoms with Gasteiger partial charge in [-0.05, 0) is 35.9 Å². The molecule has 3 aromatic rings. The molecule has 0 spiro atoms. The molecule has 0 bridgehead atoms. The number of rotatable bonds is 9. The minimum atomic E-state index is -0.307. The van der Waals surface area contributed by atoms with Crippen molar-refractivity contribution in [2.75, 3.05) is 13.2 Å². The van der Waals surface area contributed by atoms with Crippen LogP contribution in [0.3, 0.4) is 0 Å². The Morgan fingerprint density at radius 2 is 1.73 bits per heavy atom. The highest BCUT2D eigenvalue weighted by Crippen LogP contribution is 2.13. The lowest BCUT2D eigenvalue weighted by molar-refractivity contribution is 0.0940. The van der Waals surface area contributed by atoms with Gasteiger partial charge in [0.1, 0.15) is 29.6 Å². The number of carbonyl (C=O) groups is 1. The maximum Gasteiger partial charge on any atom is 0.270 e. The number of nitrogens with one attached hydrogen (secondary N) is 2. The standard InChI is InChI=1S/C22H21N3O4S/c26-21(23-13-14-28-18-11-9-17(10-12-18)22(30)25-27)19-7-4-8-20(24-19)29-15-16-5-2-1-3-6-16/h1-12,27H,13-15H2,(H,23,26)(H,25,30). The average molecular weight is 423 g/mol. The summed E-state index contributed by atoms with van der Waals surface area (Å²) in [5.41, 5.74) is 3.90. The van der Waals surface area contributed by atoms with E-state index < -0.39 is 0 Å². The lowest BCUT2D eigenvalue weighted by Gasteiger charge is -2.09. The number of aromatic nitrogens is 1. The first-order chi connectivity index (χ1) is 14.7. The Kier molecular flexibility index (Phi) is 7.71. The molecule has 3 N–H and O–H groups in total. The molecule has 0 fully saturated rings. The second-order valence-corrected chi connectivity index (χ2v) is 6.61. The quantitative estimate of drug-likeness (QED) is 0.277. The van der Waals surface area contributed by atoms with Gasteiger partial charge in [0.05, 0.1) is 6.54 Å². The fourth-order valence-electron chi connectivity index (χ4n) is 2.54. The van der Waals surface area contributed by atoms with Crippen LogP contribution in [0.25, 0.3) is 0 Å². The number of amides is 1. The Bertz CT molecular complexity index is 981. The van der Waals surface area contributed by atoms with Crippen LogP contribution < -0.4 is 20.3 Å². The van der Waals surface area contributed by atoms with Crippen molar-refractivity contribution in [3.05, 3.63) is 89.6 Å². The summed E-state index contributed by atoms with van der Waals surface area (Å²) in [6, 6.07) is 21.7. The number of hydroxylamine groups is 1. The lowest BCUT2D eigenvalue weighted by atomic mass is 10.2. The summed E-state index contributed by atoms with van der Waals surface area (Å²) in [5.74, 6) is 0.708. The third-order valence-electron chi connectivity index (χ3n) is 4.06. The Morgan fingerprint density at radius 1 is 0.967 bits per heavy atom. The Morgan fingerprint density at radius 3 is 2.47 bits per heavy atom. The van der Waals surface area contributed by atoms with Gasteiger partial charge in [0, 0.05) is 11.6 Å². The second-order valence-electron chi connectivity index (χ2n) is 6.21. The molecule has 0 radical (unpaired) electrons. The zero-order chi connectivity index (χ0) is 21.2. The normalized spacial score (nSPS) is 10.2. The number of hydrogen-bond acceptors (Lipinski definition) is 6. The van der Waals surface area contributed by atoms with Gasteiger partial charge in [-0.2, -0.15) is 0 Å². The third kappa shape index (κ3) is 6.26. The molecule has 0 aliphatic rings. The Balaban J connectivity index is 1.44. The van der Waals surface area contributed by atoms with Gasteiger partial charge in [-0.15, -0.1) is 0 Å². The van der Waals surface area contributed by atoms with Crippen LogP contribution in [-0.2, 0) is 6.61 Å². The van der Waals surface area contributed by atoms with Gasteiger partial charge in [-0.25, -0.2) is 4.98 Å². The summed E-state index contributed by atoms with van der Waals surface area (Å²) < 4.78 is 11.2. The van der Waals surface area contributed by atoms with Crippen molar-refractivity contribution >= 4 is 23.1 Å². The van der Waals surface area contributed by atoms with Crippen LogP contribution in [-0.4, -0.2) is 34.2 Å². The maximum atomic E-state index is 12.3. The van der Waals surface area contributed by atoms with Crippen molar-refractivity contribution in [1.82, 2.24) is 15.8 Å². The summed E-state index contributed by atoms with van der Waals surface area (Å²) in [6.45, 7) is 0.983. The number of pyridine rings is 1. The van der Waals surface area contributed by atoms with Gasteiger partial charge in [0.15, 0.2) is 0 Å². The predicted molar refractivity (Wildman–Crippen MR) is 116 cm³/mol. The van der Waals surface area contributed by atoms with Crippen molar-refractivity contribution in [1.29, 1.82) is 0 Å². The summed E-state index contributed by atoms with van der Waals surface area (Å²) in [4.78, 5) is 16.8. The Labute approximate surface area is 179 Å². The van der Waals surface area contributed by atoms with E-state index in [0.29, 0.717) is 30.3 Å². The van der Waals surface area contributed by atoms with Crippen molar-refractivity contribution in [3.63, 3.8) is 0 Å². The monoisotopic (exact) mass is 423 g/mol. The average Bonchev–Trinajstić information content (AvgIpc) is 2.81. The molecule has 2 aromatic carbocycles. The smallest absolute Gasteiger partial charge is 0.270 e. The molecule has 0 saturated heterocycles. The molecule has 1 aromatic heterocycles. The molecule has 1 amide bonds. The van der Waals surface area contributed by atoms with E-state index in [4.69, 9.17) is 26.9 Å². The van der Waals surface area contributed by atoms with E-state index in [2.05, 4.69) is 10.3 Å². The topological polar surface area (TPSA) is 92.7 Å². The van der Waals surface area contributed by atoms with Gasteiger partial charge < -0.3 is 14.8 Å². The lowest BCUT2D eigenvalue weighted by Crippen LogP contribution is -2.28. The van der Waals surface area contributed by atoms with Crippen LogP contribution in [0.2, 0.25) is 0 Å². The van der Waals surface area contributed by atoms with E-state index in [1.807, 2.05) is 35.8 Å². The first-order valence-electron chi connectivity index (χ1n) is 9.25. The minimum Gasteiger partial charge on any atom is -0.492 e. The number of ether oxygens (including phenoxy) is 2. The van der Waals surface area contributed by atoms with Crippen LogP contribution >= 0.6 is 12.2 Å². The van der Waals surface area contributed by atoms with Gasteiger partial charge >= 0.3 is 0 Å². The SMILES string of the molecule is O=C(NCCOc1ccc(C(=S)NO)cc1)c1cccc(OCc2ccccc2)n1. The highest BCUT2D eigenvalue weighted by atomic mass is 32.1. The summed E-state index contributed by atoms with van der Waals surface area (Å²) in [6.07, 6.45) is 0. The van der Waals surface area contributed by atoms with E-state index in [9.17, 15) is 4.79 Å². The van der Waals surface area contributed by atoms with Gasteiger partial charge in [0.2, 0.25) is 5.88 Å². The first kappa shape index (κ1) is 21.2. The van der Waals surface area contributed by atoms with E-state index in [-0.39, 0.29) is 23.2 Å². The fraction of sp³-hybridized carbons (Fsp3) is 0.136. The van der Waals surface area contributed by atoms with E-state index in [1.165, 1.54) is 0 Å². The molecule has 0 saturated carbocycles. The molecule has 0 atom stereocenters. The van der Waals surface area contributed by atoms with Crippen LogP contribution in [0, 0.1) is 0 Å². The van der Waals surface area contributed by atoms with Gasteiger partial charge in [0.25, 0.3) is 5.91 Å².